The highest BCUT2D eigenvalue weighted by Gasteiger charge is 2.13. The van der Waals surface area contributed by atoms with Crippen LogP contribution in [0.2, 0.25) is 0 Å². The van der Waals surface area contributed by atoms with Gasteiger partial charge in [0, 0.05) is 17.5 Å². The number of carboxylic acid groups (broad SMARTS) is 1. The fourth-order valence-electron chi connectivity index (χ4n) is 1.86. The Morgan fingerprint density at radius 2 is 2.05 bits per heavy atom. The zero-order valence-corrected chi connectivity index (χ0v) is 10.4. The van der Waals surface area contributed by atoms with Crippen molar-refractivity contribution in [3.05, 3.63) is 52.3 Å². The molecule has 0 aliphatic heterocycles. The van der Waals surface area contributed by atoms with E-state index in [0.717, 1.165) is 0 Å². The Balaban J connectivity index is 2.13. The average Bonchev–Trinajstić information content (AvgIpc) is 2.90. The van der Waals surface area contributed by atoms with Gasteiger partial charge in [-0.1, -0.05) is 0 Å². The van der Waals surface area contributed by atoms with Crippen LogP contribution in [-0.4, -0.2) is 36.0 Å². The summed E-state index contributed by atoms with van der Waals surface area (Å²) in [6.45, 7) is 0. The molecule has 3 rings (SSSR count). The lowest BCUT2D eigenvalue weighted by molar-refractivity contribution is -0.384. The van der Waals surface area contributed by atoms with Crippen molar-refractivity contribution in [2.45, 2.75) is 0 Å². The van der Waals surface area contributed by atoms with Crippen molar-refractivity contribution in [2.75, 3.05) is 0 Å². The number of aromatic nitrogens is 4. The zero-order valence-electron chi connectivity index (χ0n) is 10.4. The number of fused-ring (bicyclic) bond motifs is 1. The van der Waals surface area contributed by atoms with Gasteiger partial charge in [-0.2, -0.15) is 5.10 Å². The second-order valence-corrected chi connectivity index (χ2v) is 4.14. The number of nitrogens with zero attached hydrogens (tertiary/aromatic N) is 5. The molecule has 0 saturated heterocycles. The summed E-state index contributed by atoms with van der Waals surface area (Å²) in [5.41, 5.74) is 0.224. The number of hydrogen-bond acceptors (Lipinski definition) is 6. The molecule has 0 radical (unpaired) electrons. The molecular weight excluding hydrogens is 278 g/mol. The van der Waals surface area contributed by atoms with Gasteiger partial charge in [-0.15, -0.1) is 10.2 Å². The van der Waals surface area contributed by atoms with Gasteiger partial charge in [-0.3, -0.25) is 10.1 Å². The van der Waals surface area contributed by atoms with E-state index in [2.05, 4.69) is 15.3 Å². The van der Waals surface area contributed by atoms with Gasteiger partial charge in [-0.05, 0) is 18.2 Å². The van der Waals surface area contributed by atoms with Crippen molar-refractivity contribution >= 4 is 22.6 Å². The summed E-state index contributed by atoms with van der Waals surface area (Å²) < 4.78 is 1.36. The second-order valence-electron chi connectivity index (χ2n) is 4.14. The molecule has 104 valence electrons. The molecule has 0 bridgehead atoms. The first-order valence-electron chi connectivity index (χ1n) is 5.76. The SMILES string of the molecule is O=C(O)c1ccc(-n2ncc3ccc([N+](=O)[O-])cc32)nn1. The molecule has 9 heteroatoms. The first-order valence-corrected chi connectivity index (χ1v) is 5.76. The fourth-order valence-corrected chi connectivity index (χ4v) is 1.86. The van der Waals surface area contributed by atoms with Crippen molar-refractivity contribution in [1.82, 2.24) is 20.0 Å². The molecule has 0 aliphatic rings. The van der Waals surface area contributed by atoms with Crippen molar-refractivity contribution in [3.8, 4) is 5.82 Å². The lowest BCUT2D eigenvalue weighted by Gasteiger charge is -2.01. The van der Waals surface area contributed by atoms with Crippen LogP contribution in [0.15, 0.2) is 36.5 Å². The molecule has 21 heavy (non-hydrogen) atoms. The zero-order chi connectivity index (χ0) is 15.0. The van der Waals surface area contributed by atoms with Crippen LogP contribution < -0.4 is 0 Å². The number of rotatable bonds is 3. The summed E-state index contributed by atoms with van der Waals surface area (Å²) >= 11 is 0. The monoisotopic (exact) mass is 285 g/mol. The normalized spacial score (nSPS) is 10.7. The number of non-ortho nitro benzene ring substituents is 1. The number of carboxylic acids is 1. The van der Waals surface area contributed by atoms with Gasteiger partial charge in [-0.25, -0.2) is 9.48 Å². The van der Waals surface area contributed by atoms with E-state index in [4.69, 9.17) is 5.11 Å². The van der Waals surface area contributed by atoms with Crippen LogP contribution >= 0.6 is 0 Å². The van der Waals surface area contributed by atoms with E-state index in [1.165, 1.54) is 35.1 Å². The highest BCUT2D eigenvalue weighted by atomic mass is 16.6. The Kier molecular flexibility index (Phi) is 2.79. The van der Waals surface area contributed by atoms with E-state index in [0.29, 0.717) is 10.9 Å². The average molecular weight is 285 g/mol. The Morgan fingerprint density at radius 1 is 1.24 bits per heavy atom. The fraction of sp³-hybridized carbons (Fsp3) is 0. The van der Waals surface area contributed by atoms with Crippen LogP contribution in [0.25, 0.3) is 16.7 Å². The van der Waals surface area contributed by atoms with Crippen LogP contribution in [0, 0.1) is 10.1 Å². The van der Waals surface area contributed by atoms with Crippen molar-refractivity contribution in [2.24, 2.45) is 0 Å². The minimum atomic E-state index is -1.19. The number of hydrogen-bond donors (Lipinski definition) is 1. The highest BCUT2D eigenvalue weighted by molar-refractivity contribution is 5.85. The lowest BCUT2D eigenvalue weighted by atomic mass is 10.2. The molecule has 0 spiro atoms. The van der Waals surface area contributed by atoms with E-state index in [1.807, 2.05) is 0 Å². The first kappa shape index (κ1) is 12.7. The van der Waals surface area contributed by atoms with Gasteiger partial charge in [0.25, 0.3) is 5.69 Å². The third kappa shape index (κ3) is 2.16. The minimum Gasteiger partial charge on any atom is -0.476 e. The summed E-state index contributed by atoms with van der Waals surface area (Å²) in [5, 5.41) is 31.7. The number of carbonyl (C=O) groups is 1. The second kappa shape index (κ2) is 4.63. The maximum atomic E-state index is 10.8. The molecule has 1 N–H and O–H groups in total. The highest BCUT2D eigenvalue weighted by Crippen LogP contribution is 2.22. The molecule has 2 heterocycles. The summed E-state index contributed by atoms with van der Waals surface area (Å²) in [5.74, 6) is -0.912. The van der Waals surface area contributed by atoms with Gasteiger partial charge in [0.15, 0.2) is 11.5 Å². The van der Waals surface area contributed by atoms with E-state index in [-0.39, 0.29) is 17.2 Å². The summed E-state index contributed by atoms with van der Waals surface area (Å²) in [7, 11) is 0. The van der Waals surface area contributed by atoms with Crippen LogP contribution in [0.1, 0.15) is 10.5 Å². The van der Waals surface area contributed by atoms with Crippen molar-refractivity contribution < 1.29 is 14.8 Å². The topological polar surface area (TPSA) is 124 Å². The Labute approximate surface area is 116 Å². The Hall–Kier alpha value is -3.36. The van der Waals surface area contributed by atoms with Gasteiger partial charge < -0.3 is 5.11 Å². The molecule has 0 aliphatic carbocycles. The molecule has 9 nitrogen and oxygen atoms in total. The molecule has 0 saturated carbocycles. The smallest absolute Gasteiger partial charge is 0.356 e. The van der Waals surface area contributed by atoms with Gasteiger partial charge >= 0.3 is 5.97 Å². The molecule has 3 aromatic rings. The third-order valence-corrected chi connectivity index (χ3v) is 2.85. The summed E-state index contributed by atoms with van der Waals surface area (Å²) in [4.78, 5) is 21.0. The van der Waals surface area contributed by atoms with E-state index >= 15 is 0 Å². The standard InChI is InChI=1S/C12H7N5O4/c18-12(19)9-3-4-11(15-14-9)16-10-5-8(17(20)21)2-1-7(10)6-13-16/h1-6H,(H,18,19). The predicted molar refractivity (Wildman–Crippen MR) is 70.3 cm³/mol. The largest absolute Gasteiger partial charge is 0.476 e. The number of aromatic carboxylic acids is 1. The predicted octanol–water partition coefficient (Wildman–Crippen LogP) is 1.42. The lowest BCUT2D eigenvalue weighted by Crippen LogP contribution is -2.06. The maximum absolute atomic E-state index is 10.8. The van der Waals surface area contributed by atoms with Gasteiger partial charge in [0.1, 0.15) is 0 Å². The first-order chi connectivity index (χ1) is 10.1. The summed E-state index contributed by atoms with van der Waals surface area (Å²) in [6.07, 6.45) is 1.53. The molecule has 0 fully saturated rings. The summed E-state index contributed by atoms with van der Waals surface area (Å²) in [6, 6.07) is 7.05. The molecule has 0 atom stereocenters. The van der Waals surface area contributed by atoms with Crippen molar-refractivity contribution in [1.29, 1.82) is 0 Å². The van der Waals surface area contributed by atoms with Crippen molar-refractivity contribution in [3.63, 3.8) is 0 Å². The minimum absolute atomic E-state index is 0.0700. The maximum Gasteiger partial charge on any atom is 0.356 e. The number of benzene rings is 1. The van der Waals surface area contributed by atoms with E-state index < -0.39 is 10.9 Å². The van der Waals surface area contributed by atoms with E-state index in [1.54, 1.807) is 6.07 Å². The Morgan fingerprint density at radius 3 is 2.67 bits per heavy atom. The molecule has 0 amide bonds. The van der Waals surface area contributed by atoms with Gasteiger partial charge in [0.05, 0.1) is 16.6 Å². The van der Waals surface area contributed by atoms with E-state index in [9.17, 15) is 14.9 Å². The third-order valence-electron chi connectivity index (χ3n) is 2.85. The quantitative estimate of drug-likeness (QED) is 0.570. The number of nitro groups is 1. The Bertz CT molecular complexity index is 856. The molecular formula is C12H7N5O4. The van der Waals surface area contributed by atoms with Crippen LogP contribution in [-0.2, 0) is 0 Å². The van der Waals surface area contributed by atoms with Crippen LogP contribution in [0.4, 0.5) is 5.69 Å². The molecule has 2 aromatic heterocycles. The molecule has 1 aromatic carbocycles. The van der Waals surface area contributed by atoms with Gasteiger partial charge in [0.2, 0.25) is 0 Å². The van der Waals surface area contributed by atoms with Crippen LogP contribution in [0.3, 0.4) is 0 Å². The molecule has 0 unspecified atom stereocenters. The van der Waals surface area contributed by atoms with Crippen LogP contribution in [0.5, 0.6) is 0 Å². The number of nitro benzene ring substituents is 1.